The Labute approximate surface area is 124 Å². The fourth-order valence-electron chi connectivity index (χ4n) is 2.18. The highest BCUT2D eigenvalue weighted by atomic mass is 32.1. The molecule has 5 nitrogen and oxygen atoms in total. The predicted molar refractivity (Wildman–Crippen MR) is 81.4 cm³/mol. The number of thiophene rings is 1. The van der Waals surface area contributed by atoms with E-state index < -0.39 is 0 Å². The molecule has 0 radical (unpaired) electrons. The first-order chi connectivity index (χ1) is 9.65. The number of likely N-dealkylation sites (N-methyl/N-ethyl adjacent to an activating group) is 1. The number of hydrogen-bond donors (Lipinski definition) is 1. The van der Waals surface area contributed by atoms with Crippen LogP contribution in [-0.2, 0) is 6.42 Å². The molecule has 0 amide bonds. The van der Waals surface area contributed by atoms with Crippen LogP contribution in [0.4, 0.5) is 0 Å². The summed E-state index contributed by atoms with van der Waals surface area (Å²) < 4.78 is 7.25. The molecular formula is C14H22N4OS. The highest BCUT2D eigenvalue weighted by molar-refractivity contribution is 7.10. The van der Waals surface area contributed by atoms with E-state index in [0.717, 1.165) is 24.5 Å². The van der Waals surface area contributed by atoms with Gasteiger partial charge in [0.25, 0.3) is 0 Å². The van der Waals surface area contributed by atoms with Gasteiger partial charge in [-0.05, 0) is 26.5 Å². The van der Waals surface area contributed by atoms with Crippen LogP contribution >= 0.6 is 11.3 Å². The lowest BCUT2D eigenvalue weighted by molar-refractivity contribution is 0.415. The Morgan fingerprint density at radius 1 is 1.45 bits per heavy atom. The minimum Gasteiger partial charge on any atom is -0.496 e. The molecule has 0 aliphatic rings. The topological polar surface area (TPSA) is 52.0 Å². The van der Waals surface area contributed by atoms with Gasteiger partial charge in [-0.3, -0.25) is 0 Å². The highest BCUT2D eigenvalue weighted by Crippen LogP contribution is 2.28. The van der Waals surface area contributed by atoms with Crippen LogP contribution in [0.3, 0.4) is 0 Å². The largest absolute Gasteiger partial charge is 0.496 e. The van der Waals surface area contributed by atoms with Gasteiger partial charge in [-0.1, -0.05) is 6.92 Å². The van der Waals surface area contributed by atoms with Crippen molar-refractivity contribution in [3.05, 3.63) is 28.5 Å². The van der Waals surface area contributed by atoms with Gasteiger partial charge in [0.05, 0.1) is 7.11 Å². The molecule has 1 atom stereocenters. The maximum Gasteiger partial charge on any atom is 0.138 e. The van der Waals surface area contributed by atoms with E-state index in [-0.39, 0.29) is 6.04 Å². The summed E-state index contributed by atoms with van der Waals surface area (Å²) in [4.78, 5) is 5.66. The number of nitrogens with one attached hydrogen (secondary N) is 1. The van der Waals surface area contributed by atoms with Gasteiger partial charge < -0.3 is 10.1 Å². The Balaban J connectivity index is 2.18. The number of hydrogen-bond acceptors (Lipinski definition) is 5. The molecule has 110 valence electrons. The van der Waals surface area contributed by atoms with Gasteiger partial charge in [0.15, 0.2) is 0 Å². The van der Waals surface area contributed by atoms with Crippen LogP contribution in [-0.4, -0.2) is 28.4 Å². The van der Waals surface area contributed by atoms with Gasteiger partial charge in [-0.2, -0.15) is 5.10 Å². The molecule has 0 fully saturated rings. The second kappa shape index (κ2) is 6.85. The second-order valence-corrected chi connectivity index (χ2v) is 5.86. The first kappa shape index (κ1) is 15.0. The summed E-state index contributed by atoms with van der Waals surface area (Å²) in [6.07, 6.45) is 2.46. The monoisotopic (exact) mass is 294 g/mol. The van der Waals surface area contributed by atoms with E-state index in [1.54, 1.807) is 24.8 Å². The maximum absolute atomic E-state index is 5.27. The van der Waals surface area contributed by atoms with Crippen LogP contribution in [0.2, 0.25) is 0 Å². The summed E-state index contributed by atoms with van der Waals surface area (Å²) >= 11 is 1.71. The van der Waals surface area contributed by atoms with Crippen molar-refractivity contribution in [2.75, 3.05) is 13.7 Å². The third-order valence-electron chi connectivity index (χ3n) is 3.15. The molecule has 0 aliphatic heterocycles. The molecule has 0 saturated heterocycles. The summed E-state index contributed by atoms with van der Waals surface area (Å²) in [7, 11) is 1.70. The Bertz CT molecular complexity index is 535. The number of rotatable bonds is 7. The minimum absolute atomic E-state index is 0.246. The summed E-state index contributed by atoms with van der Waals surface area (Å²) in [6.45, 7) is 7.27. The van der Waals surface area contributed by atoms with E-state index >= 15 is 0 Å². The molecule has 2 aromatic heterocycles. The van der Waals surface area contributed by atoms with E-state index in [9.17, 15) is 0 Å². The molecule has 1 N–H and O–H groups in total. The Morgan fingerprint density at radius 3 is 2.85 bits per heavy atom. The molecule has 0 aliphatic carbocycles. The van der Waals surface area contributed by atoms with Gasteiger partial charge in [0, 0.05) is 28.8 Å². The van der Waals surface area contributed by atoms with E-state index in [1.165, 1.54) is 4.88 Å². The fraction of sp³-hybridized carbons (Fsp3) is 0.571. The minimum atomic E-state index is 0.246. The van der Waals surface area contributed by atoms with E-state index in [4.69, 9.17) is 4.74 Å². The quantitative estimate of drug-likeness (QED) is 0.853. The molecule has 0 bridgehead atoms. The lowest BCUT2D eigenvalue weighted by Crippen LogP contribution is -2.24. The molecule has 20 heavy (non-hydrogen) atoms. The van der Waals surface area contributed by atoms with Crippen molar-refractivity contribution in [1.82, 2.24) is 20.1 Å². The van der Waals surface area contributed by atoms with E-state index in [2.05, 4.69) is 42.2 Å². The number of methoxy groups -OCH3 is 1. The fourth-order valence-corrected chi connectivity index (χ4v) is 3.11. The molecule has 6 heteroatoms. The molecule has 2 aromatic rings. The van der Waals surface area contributed by atoms with Crippen molar-refractivity contribution in [2.45, 2.75) is 39.3 Å². The van der Waals surface area contributed by atoms with Crippen LogP contribution in [0, 0.1) is 0 Å². The van der Waals surface area contributed by atoms with Crippen molar-refractivity contribution >= 4 is 11.3 Å². The number of ether oxygens (including phenoxy) is 1. The van der Waals surface area contributed by atoms with Crippen molar-refractivity contribution in [3.8, 4) is 5.75 Å². The maximum atomic E-state index is 5.27. The molecule has 2 rings (SSSR count). The van der Waals surface area contributed by atoms with Gasteiger partial charge >= 0.3 is 0 Å². The third-order valence-corrected chi connectivity index (χ3v) is 4.17. The van der Waals surface area contributed by atoms with Gasteiger partial charge in [-0.15, -0.1) is 11.3 Å². The Hall–Kier alpha value is -1.40. The first-order valence-corrected chi connectivity index (χ1v) is 7.77. The van der Waals surface area contributed by atoms with Gasteiger partial charge in [0.2, 0.25) is 0 Å². The molecule has 0 spiro atoms. The third kappa shape index (κ3) is 3.37. The first-order valence-electron chi connectivity index (χ1n) is 6.89. The van der Waals surface area contributed by atoms with Crippen molar-refractivity contribution < 1.29 is 4.74 Å². The van der Waals surface area contributed by atoms with Crippen LogP contribution < -0.4 is 10.1 Å². The average molecular weight is 294 g/mol. The lowest BCUT2D eigenvalue weighted by Gasteiger charge is -2.17. The standard InChI is InChI=1S/C14H22N4OS/c1-5-15-12(13-6-11(19-4)8-20-13)7-14-16-9-17-18(14)10(2)3/h6,8-10,12,15H,5,7H2,1-4H3. The summed E-state index contributed by atoms with van der Waals surface area (Å²) in [6, 6.07) is 2.66. The van der Waals surface area contributed by atoms with Crippen LogP contribution in [0.1, 0.15) is 43.6 Å². The lowest BCUT2D eigenvalue weighted by atomic mass is 10.1. The zero-order valence-electron chi connectivity index (χ0n) is 12.5. The van der Waals surface area contributed by atoms with Gasteiger partial charge in [0.1, 0.15) is 17.9 Å². The van der Waals surface area contributed by atoms with Crippen LogP contribution in [0.15, 0.2) is 17.8 Å². The van der Waals surface area contributed by atoms with E-state index in [1.807, 2.05) is 10.1 Å². The van der Waals surface area contributed by atoms with Gasteiger partial charge in [-0.25, -0.2) is 9.67 Å². The normalized spacial score (nSPS) is 12.8. The molecule has 1 unspecified atom stereocenters. The zero-order valence-corrected chi connectivity index (χ0v) is 13.3. The predicted octanol–water partition coefficient (Wildman–Crippen LogP) is 2.82. The van der Waals surface area contributed by atoms with Crippen molar-refractivity contribution in [2.24, 2.45) is 0 Å². The SMILES string of the molecule is CCNC(Cc1ncnn1C(C)C)c1cc(OC)cs1. The molecule has 0 aromatic carbocycles. The zero-order chi connectivity index (χ0) is 14.5. The number of aromatic nitrogens is 3. The van der Waals surface area contributed by atoms with Crippen LogP contribution in [0.25, 0.3) is 0 Å². The Morgan fingerprint density at radius 2 is 2.25 bits per heavy atom. The number of nitrogens with zero attached hydrogens (tertiary/aromatic N) is 3. The Kier molecular flexibility index (Phi) is 5.14. The smallest absolute Gasteiger partial charge is 0.138 e. The molecular weight excluding hydrogens is 272 g/mol. The van der Waals surface area contributed by atoms with E-state index in [0.29, 0.717) is 6.04 Å². The summed E-state index contributed by atoms with van der Waals surface area (Å²) in [5.41, 5.74) is 0. The highest BCUT2D eigenvalue weighted by Gasteiger charge is 2.18. The molecule has 0 saturated carbocycles. The average Bonchev–Trinajstić information content (AvgIpc) is 3.06. The summed E-state index contributed by atoms with van der Waals surface area (Å²) in [5, 5.41) is 9.85. The van der Waals surface area contributed by atoms with Crippen molar-refractivity contribution in [1.29, 1.82) is 0 Å². The second-order valence-electron chi connectivity index (χ2n) is 4.92. The van der Waals surface area contributed by atoms with Crippen LogP contribution in [0.5, 0.6) is 5.75 Å². The summed E-state index contributed by atoms with van der Waals surface area (Å²) in [5.74, 6) is 1.93. The molecule has 2 heterocycles. The van der Waals surface area contributed by atoms with Crippen molar-refractivity contribution in [3.63, 3.8) is 0 Å².